The van der Waals surface area contributed by atoms with Crippen molar-refractivity contribution in [1.29, 1.82) is 0 Å². The largest absolute Gasteiger partial charge is 0.472 e. The molecule has 0 unspecified atom stereocenters. The lowest BCUT2D eigenvalue weighted by molar-refractivity contribution is 0.0950. The zero-order chi connectivity index (χ0) is 13.0. The predicted molar refractivity (Wildman–Crippen MR) is 68.9 cm³/mol. The minimum absolute atomic E-state index is 0.114. The van der Waals surface area contributed by atoms with Crippen molar-refractivity contribution in [2.75, 3.05) is 5.43 Å². The fourth-order valence-corrected chi connectivity index (χ4v) is 1.68. The highest BCUT2D eigenvalue weighted by molar-refractivity contribution is 5.96. The number of hydrogen-bond acceptors (Lipinski definition) is 4. The van der Waals surface area contributed by atoms with E-state index in [1.807, 2.05) is 19.1 Å². The van der Waals surface area contributed by atoms with Crippen LogP contribution in [0.15, 0.2) is 41.2 Å². The van der Waals surface area contributed by atoms with Crippen LogP contribution in [0.1, 0.15) is 21.5 Å². The van der Waals surface area contributed by atoms with Gasteiger partial charge in [0.15, 0.2) is 0 Å². The van der Waals surface area contributed by atoms with Crippen LogP contribution >= 0.6 is 0 Å². The molecule has 1 aromatic heterocycles. The number of nitrogens with two attached hydrogens (primary N) is 1. The molecule has 5 nitrogen and oxygen atoms in total. The Labute approximate surface area is 105 Å². The zero-order valence-electron chi connectivity index (χ0n) is 10.1. The van der Waals surface area contributed by atoms with E-state index in [1.165, 1.54) is 0 Å². The normalized spacial score (nSPS) is 10.1. The number of nitrogen functional groups attached to an aromatic ring is 1. The first-order valence-corrected chi connectivity index (χ1v) is 5.57. The summed E-state index contributed by atoms with van der Waals surface area (Å²) in [6.07, 6.45) is 3.18. The Hall–Kier alpha value is -2.27. The fourth-order valence-electron chi connectivity index (χ4n) is 1.68. The third kappa shape index (κ3) is 2.70. The van der Waals surface area contributed by atoms with Gasteiger partial charge >= 0.3 is 0 Å². The number of carbonyl (C=O) groups excluding carboxylic acids is 1. The van der Waals surface area contributed by atoms with E-state index in [4.69, 9.17) is 10.3 Å². The number of carbonyl (C=O) groups is 1. The molecule has 0 spiro atoms. The number of hydrogen-bond donors (Lipinski definition) is 3. The lowest BCUT2D eigenvalue weighted by Crippen LogP contribution is -2.23. The van der Waals surface area contributed by atoms with Crippen molar-refractivity contribution in [2.24, 2.45) is 5.84 Å². The van der Waals surface area contributed by atoms with Gasteiger partial charge in [-0.1, -0.05) is 0 Å². The number of benzene rings is 1. The number of rotatable bonds is 4. The van der Waals surface area contributed by atoms with Gasteiger partial charge in [-0.25, -0.2) is 0 Å². The Balaban J connectivity index is 2.04. The monoisotopic (exact) mass is 245 g/mol. The summed E-state index contributed by atoms with van der Waals surface area (Å²) in [6, 6.07) is 7.15. The highest BCUT2D eigenvalue weighted by Crippen LogP contribution is 2.14. The molecule has 0 bridgehead atoms. The molecule has 0 atom stereocenters. The molecule has 1 heterocycles. The van der Waals surface area contributed by atoms with Gasteiger partial charge in [0.2, 0.25) is 0 Å². The average Bonchev–Trinajstić information content (AvgIpc) is 2.88. The second kappa shape index (κ2) is 5.37. The lowest BCUT2D eigenvalue weighted by atomic mass is 10.1. The maximum absolute atomic E-state index is 12.0. The first kappa shape index (κ1) is 12.2. The standard InChI is InChI=1S/C13H15N3O2/c1-9-6-11(16-14)2-3-12(9)13(17)15-7-10-4-5-18-8-10/h2-6,8,16H,7,14H2,1H3,(H,15,17). The van der Waals surface area contributed by atoms with Gasteiger partial charge in [0.05, 0.1) is 12.5 Å². The van der Waals surface area contributed by atoms with Gasteiger partial charge in [-0.2, -0.15) is 0 Å². The summed E-state index contributed by atoms with van der Waals surface area (Å²) in [7, 11) is 0. The minimum atomic E-state index is -0.114. The Kier molecular flexibility index (Phi) is 3.64. The quantitative estimate of drug-likeness (QED) is 0.567. The first-order chi connectivity index (χ1) is 8.70. The van der Waals surface area contributed by atoms with Crippen molar-refractivity contribution < 1.29 is 9.21 Å². The van der Waals surface area contributed by atoms with Gasteiger partial charge in [0, 0.05) is 23.4 Å². The molecule has 4 N–H and O–H groups in total. The van der Waals surface area contributed by atoms with Crippen LogP contribution in [0.25, 0.3) is 0 Å². The van der Waals surface area contributed by atoms with Crippen LogP contribution < -0.4 is 16.6 Å². The topological polar surface area (TPSA) is 80.3 Å². The molecule has 1 aromatic carbocycles. The molecule has 0 radical (unpaired) electrons. The number of amides is 1. The van der Waals surface area contributed by atoms with Crippen molar-refractivity contribution >= 4 is 11.6 Å². The van der Waals surface area contributed by atoms with Crippen molar-refractivity contribution in [1.82, 2.24) is 5.32 Å². The van der Waals surface area contributed by atoms with E-state index >= 15 is 0 Å². The molecular formula is C13H15N3O2. The Morgan fingerprint density at radius 3 is 2.83 bits per heavy atom. The van der Waals surface area contributed by atoms with E-state index < -0.39 is 0 Å². The molecule has 18 heavy (non-hydrogen) atoms. The maximum Gasteiger partial charge on any atom is 0.251 e. The number of anilines is 1. The third-order valence-corrected chi connectivity index (χ3v) is 2.67. The molecule has 94 valence electrons. The summed E-state index contributed by atoms with van der Waals surface area (Å²) in [4.78, 5) is 12.0. The van der Waals surface area contributed by atoms with E-state index in [2.05, 4.69) is 10.7 Å². The van der Waals surface area contributed by atoms with E-state index in [-0.39, 0.29) is 5.91 Å². The van der Waals surface area contributed by atoms with Crippen LogP contribution in [0.4, 0.5) is 5.69 Å². The van der Waals surface area contributed by atoms with Gasteiger partial charge in [-0.05, 0) is 36.8 Å². The summed E-state index contributed by atoms with van der Waals surface area (Å²) < 4.78 is 4.93. The van der Waals surface area contributed by atoms with Crippen molar-refractivity contribution in [2.45, 2.75) is 13.5 Å². The van der Waals surface area contributed by atoms with Crippen LogP contribution in [-0.2, 0) is 6.54 Å². The molecular weight excluding hydrogens is 230 g/mol. The average molecular weight is 245 g/mol. The van der Waals surface area contributed by atoms with Crippen LogP contribution in [0, 0.1) is 6.92 Å². The summed E-state index contributed by atoms with van der Waals surface area (Å²) in [5, 5.41) is 2.83. The van der Waals surface area contributed by atoms with Crippen LogP contribution in [-0.4, -0.2) is 5.91 Å². The molecule has 0 aliphatic heterocycles. The summed E-state index contributed by atoms with van der Waals surface area (Å²) in [6.45, 7) is 2.32. The van der Waals surface area contributed by atoms with E-state index in [1.54, 1.807) is 24.7 Å². The highest BCUT2D eigenvalue weighted by atomic mass is 16.3. The molecule has 5 heteroatoms. The second-order valence-corrected chi connectivity index (χ2v) is 3.99. The summed E-state index contributed by atoms with van der Waals surface area (Å²) in [5.74, 6) is 5.19. The molecule has 0 aliphatic rings. The smallest absolute Gasteiger partial charge is 0.251 e. The minimum Gasteiger partial charge on any atom is -0.472 e. The maximum atomic E-state index is 12.0. The molecule has 0 fully saturated rings. The molecule has 2 aromatic rings. The van der Waals surface area contributed by atoms with Crippen LogP contribution in [0.3, 0.4) is 0 Å². The number of aryl methyl sites for hydroxylation is 1. The highest BCUT2D eigenvalue weighted by Gasteiger charge is 2.09. The molecule has 0 aliphatic carbocycles. The number of furan rings is 1. The molecule has 0 saturated heterocycles. The molecule has 2 rings (SSSR count). The Bertz CT molecular complexity index is 535. The third-order valence-electron chi connectivity index (χ3n) is 2.67. The second-order valence-electron chi connectivity index (χ2n) is 3.99. The van der Waals surface area contributed by atoms with Gasteiger partial charge in [0.1, 0.15) is 0 Å². The van der Waals surface area contributed by atoms with Gasteiger partial charge < -0.3 is 15.2 Å². The van der Waals surface area contributed by atoms with Gasteiger partial charge in [-0.15, -0.1) is 0 Å². The van der Waals surface area contributed by atoms with Crippen molar-refractivity contribution in [3.8, 4) is 0 Å². The van der Waals surface area contributed by atoms with Crippen molar-refractivity contribution in [3.05, 3.63) is 53.5 Å². The number of nitrogens with one attached hydrogen (secondary N) is 2. The van der Waals surface area contributed by atoms with E-state index in [9.17, 15) is 4.79 Å². The van der Waals surface area contributed by atoms with Gasteiger partial charge in [0.25, 0.3) is 5.91 Å². The molecule has 1 amide bonds. The fraction of sp³-hybridized carbons (Fsp3) is 0.154. The number of hydrazine groups is 1. The van der Waals surface area contributed by atoms with E-state index in [0.29, 0.717) is 12.1 Å². The van der Waals surface area contributed by atoms with Crippen LogP contribution in [0.5, 0.6) is 0 Å². The Morgan fingerprint density at radius 1 is 1.39 bits per heavy atom. The summed E-state index contributed by atoms with van der Waals surface area (Å²) in [5.41, 5.74) is 5.76. The zero-order valence-corrected chi connectivity index (χ0v) is 10.1. The van der Waals surface area contributed by atoms with Crippen molar-refractivity contribution in [3.63, 3.8) is 0 Å². The van der Waals surface area contributed by atoms with E-state index in [0.717, 1.165) is 16.8 Å². The summed E-state index contributed by atoms with van der Waals surface area (Å²) >= 11 is 0. The predicted octanol–water partition coefficient (Wildman–Crippen LogP) is 1.80. The lowest BCUT2D eigenvalue weighted by Gasteiger charge is -2.08. The van der Waals surface area contributed by atoms with Crippen LogP contribution in [0.2, 0.25) is 0 Å². The SMILES string of the molecule is Cc1cc(NN)ccc1C(=O)NCc1ccoc1. The molecule has 0 saturated carbocycles. The first-order valence-electron chi connectivity index (χ1n) is 5.57. The Morgan fingerprint density at radius 2 is 2.22 bits per heavy atom. The van der Waals surface area contributed by atoms with Gasteiger partial charge in [-0.3, -0.25) is 10.6 Å².